The molecule has 0 fully saturated rings. The molecule has 0 bridgehead atoms. The Hall–Kier alpha value is -3.08. The van der Waals surface area contributed by atoms with E-state index in [9.17, 15) is 21.6 Å². The normalized spacial score (nSPS) is 12.0. The highest BCUT2D eigenvalue weighted by atomic mass is 32.2. The zero-order valence-electron chi connectivity index (χ0n) is 15.0. The molecular formula is C18H15F3N2O5S. The SMILES string of the molecule is CCCOc1ccc(Oc2ncc3cc(OS(=O)(=O)C(F)(F)F)ccc3n2)cc1. The zero-order chi connectivity index (χ0) is 21.1. The lowest BCUT2D eigenvalue weighted by atomic mass is 10.2. The number of hydrogen-bond donors (Lipinski definition) is 0. The Labute approximate surface area is 164 Å². The Balaban J connectivity index is 1.75. The molecule has 1 aromatic heterocycles. The molecule has 7 nitrogen and oxygen atoms in total. The van der Waals surface area contributed by atoms with Gasteiger partial charge in [-0.05, 0) is 48.9 Å². The van der Waals surface area contributed by atoms with Crippen molar-refractivity contribution in [2.45, 2.75) is 18.9 Å². The van der Waals surface area contributed by atoms with E-state index in [4.69, 9.17) is 9.47 Å². The number of benzene rings is 2. The number of rotatable bonds is 7. The largest absolute Gasteiger partial charge is 0.534 e. The Morgan fingerprint density at radius 1 is 1.00 bits per heavy atom. The average molecular weight is 428 g/mol. The molecule has 0 amide bonds. The highest BCUT2D eigenvalue weighted by Crippen LogP contribution is 2.29. The summed E-state index contributed by atoms with van der Waals surface area (Å²) in [4.78, 5) is 8.11. The van der Waals surface area contributed by atoms with E-state index in [1.165, 1.54) is 12.3 Å². The summed E-state index contributed by atoms with van der Waals surface area (Å²) >= 11 is 0. The second-order valence-corrected chi connectivity index (χ2v) is 7.32. The number of halogens is 3. The van der Waals surface area contributed by atoms with Crippen LogP contribution >= 0.6 is 0 Å². The Morgan fingerprint density at radius 2 is 1.66 bits per heavy atom. The van der Waals surface area contributed by atoms with Gasteiger partial charge in [-0.2, -0.15) is 26.6 Å². The number of hydrogen-bond acceptors (Lipinski definition) is 7. The molecule has 3 rings (SSSR count). The van der Waals surface area contributed by atoms with Gasteiger partial charge in [0, 0.05) is 11.6 Å². The molecule has 1 heterocycles. The summed E-state index contributed by atoms with van der Waals surface area (Å²) in [5.41, 5.74) is -5.19. The van der Waals surface area contributed by atoms with E-state index in [1.807, 2.05) is 6.92 Å². The quantitative estimate of drug-likeness (QED) is 0.406. The molecule has 0 aliphatic rings. The monoisotopic (exact) mass is 428 g/mol. The summed E-state index contributed by atoms with van der Waals surface area (Å²) in [6.45, 7) is 2.60. The van der Waals surface area contributed by atoms with Gasteiger partial charge in [0.1, 0.15) is 17.2 Å². The van der Waals surface area contributed by atoms with Crippen LogP contribution in [0.15, 0.2) is 48.7 Å². The first-order chi connectivity index (χ1) is 13.7. The fourth-order valence-electron chi connectivity index (χ4n) is 2.20. The molecule has 0 saturated heterocycles. The highest BCUT2D eigenvalue weighted by molar-refractivity contribution is 7.88. The van der Waals surface area contributed by atoms with E-state index >= 15 is 0 Å². The molecule has 2 aromatic carbocycles. The molecule has 0 N–H and O–H groups in total. The molecule has 0 saturated carbocycles. The van der Waals surface area contributed by atoms with Crippen LogP contribution in [-0.2, 0) is 10.1 Å². The predicted octanol–water partition coefficient (Wildman–Crippen LogP) is 4.44. The lowest BCUT2D eigenvalue weighted by Gasteiger charge is -2.10. The lowest BCUT2D eigenvalue weighted by Crippen LogP contribution is -2.28. The van der Waals surface area contributed by atoms with Crippen LogP contribution in [0.2, 0.25) is 0 Å². The van der Waals surface area contributed by atoms with Crippen molar-refractivity contribution in [1.82, 2.24) is 9.97 Å². The van der Waals surface area contributed by atoms with Gasteiger partial charge in [-0.1, -0.05) is 6.92 Å². The third kappa shape index (κ3) is 5.05. The molecule has 0 aliphatic carbocycles. The average Bonchev–Trinajstić information content (AvgIpc) is 2.66. The zero-order valence-corrected chi connectivity index (χ0v) is 15.8. The maximum atomic E-state index is 12.4. The van der Waals surface area contributed by atoms with Gasteiger partial charge in [-0.25, -0.2) is 4.98 Å². The lowest BCUT2D eigenvalue weighted by molar-refractivity contribution is -0.0500. The van der Waals surface area contributed by atoms with Crippen LogP contribution in [0.1, 0.15) is 13.3 Å². The van der Waals surface area contributed by atoms with Crippen LogP contribution in [0.4, 0.5) is 13.2 Å². The van der Waals surface area contributed by atoms with E-state index in [2.05, 4.69) is 14.2 Å². The number of fused-ring (bicyclic) bond motifs is 1. The smallest absolute Gasteiger partial charge is 0.494 e. The number of nitrogens with zero attached hydrogens (tertiary/aromatic N) is 2. The summed E-state index contributed by atoms with van der Waals surface area (Å²) in [7, 11) is -5.75. The summed E-state index contributed by atoms with van der Waals surface area (Å²) in [5.74, 6) is 0.652. The Morgan fingerprint density at radius 3 is 2.31 bits per heavy atom. The second-order valence-electron chi connectivity index (χ2n) is 5.78. The minimum atomic E-state index is -5.75. The van der Waals surface area contributed by atoms with E-state index in [0.29, 0.717) is 23.6 Å². The van der Waals surface area contributed by atoms with Gasteiger partial charge in [0.15, 0.2) is 0 Å². The van der Waals surface area contributed by atoms with Gasteiger partial charge in [0.05, 0.1) is 12.1 Å². The molecule has 154 valence electrons. The van der Waals surface area contributed by atoms with Crippen LogP contribution < -0.4 is 13.7 Å². The maximum absolute atomic E-state index is 12.4. The molecule has 0 unspecified atom stereocenters. The third-order valence-corrected chi connectivity index (χ3v) is 4.50. The van der Waals surface area contributed by atoms with Gasteiger partial charge in [-0.3, -0.25) is 0 Å². The number of aromatic nitrogens is 2. The van der Waals surface area contributed by atoms with E-state index in [-0.39, 0.29) is 11.4 Å². The van der Waals surface area contributed by atoms with Gasteiger partial charge >= 0.3 is 21.6 Å². The van der Waals surface area contributed by atoms with Crippen molar-refractivity contribution in [1.29, 1.82) is 0 Å². The molecule has 0 atom stereocenters. The van der Waals surface area contributed by atoms with Crippen molar-refractivity contribution in [3.05, 3.63) is 48.7 Å². The van der Waals surface area contributed by atoms with E-state index < -0.39 is 21.4 Å². The first-order valence-corrected chi connectivity index (χ1v) is 9.77. The van der Waals surface area contributed by atoms with Crippen LogP contribution in [0.3, 0.4) is 0 Å². The molecule has 0 radical (unpaired) electrons. The summed E-state index contributed by atoms with van der Waals surface area (Å²) in [6.07, 6.45) is 2.17. The van der Waals surface area contributed by atoms with Gasteiger partial charge in [-0.15, -0.1) is 0 Å². The molecule has 3 aromatic rings. The Kier molecular flexibility index (Phi) is 5.78. The van der Waals surface area contributed by atoms with Crippen molar-refractivity contribution in [2.24, 2.45) is 0 Å². The van der Waals surface area contributed by atoms with E-state index in [1.54, 1.807) is 24.3 Å². The highest BCUT2D eigenvalue weighted by Gasteiger charge is 2.48. The molecule has 11 heteroatoms. The first-order valence-electron chi connectivity index (χ1n) is 8.36. The maximum Gasteiger partial charge on any atom is 0.534 e. The summed E-state index contributed by atoms with van der Waals surface area (Å²) in [5, 5.41) is 0.274. The van der Waals surface area contributed by atoms with Gasteiger partial charge < -0.3 is 13.7 Å². The standard InChI is InChI=1S/C18H15F3N2O5S/c1-2-9-26-13-3-5-14(6-4-13)27-17-22-11-12-10-15(7-8-16(12)23-17)28-29(24,25)18(19,20)21/h3-8,10-11H,2,9H2,1H3. The van der Waals surface area contributed by atoms with Crippen molar-refractivity contribution in [3.63, 3.8) is 0 Å². The molecular weight excluding hydrogens is 413 g/mol. The van der Waals surface area contributed by atoms with Crippen molar-refractivity contribution < 1.29 is 35.2 Å². The van der Waals surface area contributed by atoms with Crippen LogP contribution in [0.25, 0.3) is 10.9 Å². The topological polar surface area (TPSA) is 87.6 Å². The van der Waals surface area contributed by atoms with Gasteiger partial charge in [0.2, 0.25) is 0 Å². The number of ether oxygens (including phenoxy) is 2. The number of alkyl halides is 3. The predicted molar refractivity (Wildman–Crippen MR) is 97.4 cm³/mol. The first kappa shape index (κ1) is 20.6. The Bertz CT molecular complexity index is 1100. The fraction of sp³-hybridized carbons (Fsp3) is 0.222. The van der Waals surface area contributed by atoms with Crippen LogP contribution in [0.5, 0.6) is 23.3 Å². The minimum absolute atomic E-state index is 0.0105. The van der Waals surface area contributed by atoms with Crippen LogP contribution in [0, 0.1) is 0 Å². The van der Waals surface area contributed by atoms with E-state index in [0.717, 1.165) is 18.6 Å². The fourth-order valence-corrected chi connectivity index (χ4v) is 2.65. The van der Waals surface area contributed by atoms with Crippen molar-refractivity contribution in [2.75, 3.05) is 6.61 Å². The van der Waals surface area contributed by atoms with Crippen LogP contribution in [-0.4, -0.2) is 30.5 Å². The summed E-state index contributed by atoms with van der Waals surface area (Å²) < 4.78 is 74.5. The molecule has 0 aliphatic heterocycles. The van der Waals surface area contributed by atoms with Crippen molar-refractivity contribution >= 4 is 21.0 Å². The summed E-state index contributed by atoms with van der Waals surface area (Å²) in [6, 6.07) is 10.3. The molecule has 0 spiro atoms. The minimum Gasteiger partial charge on any atom is -0.494 e. The molecule has 29 heavy (non-hydrogen) atoms. The van der Waals surface area contributed by atoms with Gasteiger partial charge in [0.25, 0.3) is 0 Å². The third-order valence-electron chi connectivity index (χ3n) is 3.52. The van der Waals surface area contributed by atoms with Crippen molar-refractivity contribution in [3.8, 4) is 23.3 Å². The second kappa shape index (κ2) is 8.11.